The van der Waals surface area contributed by atoms with E-state index in [1.54, 1.807) is 4.90 Å². The van der Waals surface area contributed by atoms with E-state index in [0.717, 1.165) is 49.7 Å². The lowest BCUT2D eigenvalue weighted by atomic mass is 9.92. The van der Waals surface area contributed by atoms with Crippen LogP contribution < -0.4 is 19.5 Å². The monoisotopic (exact) mass is 682 g/mol. The van der Waals surface area contributed by atoms with Crippen LogP contribution in [-0.4, -0.2) is 78.3 Å². The molecule has 0 saturated heterocycles. The molecule has 8 rings (SSSR count). The van der Waals surface area contributed by atoms with Crippen molar-refractivity contribution >= 4 is 33.8 Å². The Kier molecular flexibility index (Phi) is 7.84. The Labute approximate surface area is 279 Å². The molecule has 1 aromatic rings. The first-order valence-corrected chi connectivity index (χ1v) is 18.9. The molecule has 4 amide bonds. The average molecular weight is 683 g/mol. The highest BCUT2D eigenvalue weighted by Gasteiger charge is 2.62. The smallest absolute Gasteiger partial charge is 0.410 e. The molecule has 0 radical (unpaired) electrons. The molecule has 13 nitrogen and oxygen atoms in total. The molecule has 3 aliphatic heterocycles. The summed E-state index contributed by atoms with van der Waals surface area (Å²) in [5, 5.41) is 2.33. The predicted molar refractivity (Wildman–Crippen MR) is 170 cm³/mol. The van der Waals surface area contributed by atoms with E-state index in [1.165, 1.54) is 0 Å². The summed E-state index contributed by atoms with van der Waals surface area (Å²) in [7, 11) is -3.83. The second kappa shape index (κ2) is 12.0. The third-order valence-corrected chi connectivity index (χ3v) is 12.8. The fourth-order valence-electron chi connectivity index (χ4n) is 7.87. The molecular formula is C34H42N4O9S. The van der Waals surface area contributed by atoms with Crippen LogP contribution in [0.3, 0.4) is 0 Å². The Morgan fingerprint density at radius 3 is 2.60 bits per heavy atom. The maximum atomic E-state index is 14.2. The molecule has 2 N–H and O–H groups in total. The lowest BCUT2D eigenvalue weighted by molar-refractivity contribution is -0.142. The third kappa shape index (κ3) is 5.90. The van der Waals surface area contributed by atoms with Gasteiger partial charge in [-0.25, -0.2) is 13.2 Å². The van der Waals surface area contributed by atoms with Crippen molar-refractivity contribution in [1.82, 2.24) is 19.8 Å². The molecule has 0 bridgehead atoms. The molecule has 48 heavy (non-hydrogen) atoms. The number of hydrogen-bond acceptors (Lipinski definition) is 9. The lowest BCUT2D eigenvalue weighted by Crippen LogP contribution is -2.54. The minimum atomic E-state index is -3.83. The van der Waals surface area contributed by atoms with Crippen LogP contribution in [0.5, 0.6) is 11.5 Å². The van der Waals surface area contributed by atoms with Crippen LogP contribution in [0.2, 0.25) is 0 Å². The molecule has 4 fully saturated rings. The number of fused-ring (bicyclic) bond motifs is 5. The van der Waals surface area contributed by atoms with Crippen LogP contribution in [0.15, 0.2) is 24.3 Å². The summed E-state index contributed by atoms with van der Waals surface area (Å²) in [6.07, 6.45) is 9.61. The average Bonchev–Trinajstić information content (AvgIpc) is 4.01. The van der Waals surface area contributed by atoms with Gasteiger partial charge >= 0.3 is 6.09 Å². The van der Waals surface area contributed by atoms with Crippen molar-refractivity contribution in [3.63, 3.8) is 0 Å². The van der Waals surface area contributed by atoms with Gasteiger partial charge in [-0.1, -0.05) is 24.6 Å². The quantitative estimate of drug-likeness (QED) is 0.445. The Bertz CT molecular complexity index is 1670. The highest BCUT2D eigenvalue weighted by atomic mass is 32.2. The standard InChI is InChI=1S/C34H42N4O9S/c39-30-25-14-23(47-33(42)37-17-20-7-12-28-29(27(20)18-37)46-19-45-28)15-26(25)31(40)38(22-8-9-22)13-5-3-1-2-4-6-21-16-34(21,35-30)32(41)36-48(43,44)24-10-11-24/h4,6-7,12,21-26H,1-3,5,8-11,13-19H2,(H,35,39)(H,36,41)/b6-4-/t21-,23-,25-,26?,34-/m1/s1. The second-order valence-electron chi connectivity index (χ2n) is 14.5. The molecule has 1 aromatic carbocycles. The van der Waals surface area contributed by atoms with Crippen LogP contribution in [0, 0.1) is 17.8 Å². The zero-order valence-corrected chi connectivity index (χ0v) is 27.7. The van der Waals surface area contributed by atoms with E-state index in [2.05, 4.69) is 10.0 Å². The highest BCUT2D eigenvalue weighted by Crippen LogP contribution is 2.48. The summed E-state index contributed by atoms with van der Waals surface area (Å²) in [5.74, 6) is -2.00. The number of carbonyl (C=O) groups is 4. The number of ether oxygens (including phenoxy) is 3. The van der Waals surface area contributed by atoms with E-state index in [0.29, 0.717) is 44.0 Å². The number of allylic oxidation sites excluding steroid dienone is 1. The summed E-state index contributed by atoms with van der Waals surface area (Å²) in [4.78, 5) is 58.9. The molecule has 5 atom stereocenters. The SMILES string of the molecule is O=C1N[C@]2(C(=O)NS(=O)(=O)C3CC3)C[C@H]2/C=C\CCCCCN(C2CC2)C(=O)C2C[C@H](OC(=O)N3Cc4ccc5c(c4C3)OCO5)C[C@@H]12. The van der Waals surface area contributed by atoms with E-state index in [1.807, 2.05) is 29.2 Å². The van der Waals surface area contributed by atoms with Crippen molar-refractivity contribution in [1.29, 1.82) is 0 Å². The third-order valence-electron chi connectivity index (χ3n) is 11.0. The first-order valence-electron chi connectivity index (χ1n) is 17.3. The summed E-state index contributed by atoms with van der Waals surface area (Å²) in [6.45, 7) is 1.38. The first-order chi connectivity index (χ1) is 23.1. The van der Waals surface area contributed by atoms with E-state index >= 15 is 0 Å². The zero-order chi connectivity index (χ0) is 33.2. The van der Waals surface area contributed by atoms with E-state index in [-0.39, 0.29) is 43.9 Å². The van der Waals surface area contributed by atoms with Crippen molar-refractivity contribution in [2.45, 2.75) is 107 Å². The molecule has 14 heteroatoms. The second-order valence-corrected chi connectivity index (χ2v) is 16.4. The molecule has 3 heterocycles. The fourth-order valence-corrected chi connectivity index (χ4v) is 9.23. The summed E-state index contributed by atoms with van der Waals surface area (Å²) < 4.78 is 44.8. The van der Waals surface area contributed by atoms with Crippen molar-refractivity contribution in [3.8, 4) is 11.5 Å². The predicted octanol–water partition coefficient (Wildman–Crippen LogP) is 2.87. The van der Waals surface area contributed by atoms with Crippen LogP contribution in [0.1, 0.15) is 81.8 Å². The van der Waals surface area contributed by atoms with Gasteiger partial charge in [-0.05, 0) is 75.8 Å². The van der Waals surface area contributed by atoms with Gasteiger partial charge in [-0.15, -0.1) is 0 Å². The van der Waals surface area contributed by atoms with Gasteiger partial charge in [0.05, 0.1) is 23.6 Å². The maximum Gasteiger partial charge on any atom is 0.410 e. The number of amides is 4. The molecule has 0 spiro atoms. The van der Waals surface area contributed by atoms with Gasteiger partial charge in [0, 0.05) is 30.6 Å². The highest BCUT2D eigenvalue weighted by molar-refractivity contribution is 7.91. The van der Waals surface area contributed by atoms with E-state index in [4.69, 9.17) is 14.2 Å². The molecule has 7 aliphatic rings. The first kappa shape index (κ1) is 31.5. The van der Waals surface area contributed by atoms with Gasteiger partial charge in [0.1, 0.15) is 11.6 Å². The number of nitrogens with zero attached hydrogens (tertiary/aromatic N) is 2. The Morgan fingerprint density at radius 2 is 1.81 bits per heavy atom. The zero-order valence-electron chi connectivity index (χ0n) is 26.9. The number of nitrogens with one attached hydrogen (secondary N) is 2. The van der Waals surface area contributed by atoms with Gasteiger partial charge < -0.3 is 24.4 Å². The van der Waals surface area contributed by atoms with Gasteiger partial charge in [-0.3, -0.25) is 24.0 Å². The number of hydrogen-bond donors (Lipinski definition) is 2. The van der Waals surface area contributed by atoms with Gasteiger partial charge in [0.25, 0.3) is 5.91 Å². The molecule has 258 valence electrons. The van der Waals surface area contributed by atoms with Crippen LogP contribution in [-0.2, 0) is 42.2 Å². The molecule has 4 aliphatic carbocycles. The van der Waals surface area contributed by atoms with Crippen molar-refractivity contribution < 1.29 is 41.8 Å². The van der Waals surface area contributed by atoms with Gasteiger partial charge in [0.15, 0.2) is 11.5 Å². The number of benzene rings is 1. The maximum absolute atomic E-state index is 14.2. The largest absolute Gasteiger partial charge is 0.454 e. The summed E-state index contributed by atoms with van der Waals surface area (Å²) in [5.41, 5.74) is 0.412. The lowest BCUT2D eigenvalue weighted by Gasteiger charge is -2.29. The summed E-state index contributed by atoms with van der Waals surface area (Å²) >= 11 is 0. The van der Waals surface area contributed by atoms with E-state index in [9.17, 15) is 27.6 Å². The Morgan fingerprint density at radius 1 is 1.00 bits per heavy atom. The fraction of sp³-hybridized carbons (Fsp3) is 0.647. The molecular weight excluding hydrogens is 640 g/mol. The normalized spacial score (nSPS) is 32.2. The molecule has 4 saturated carbocycles. The van der Waals surface area contributed by atoms with Crippen molar-refractivity contribution in [2.24, 2.45) is 17.8 Å². The van der Waals surface area contributed by atoms with Gasteiger partial charge in [-0.2, -0.15) is 0 Å². The number of rotatable bonds is 5. The van der Waals surface area contributed by atoms with Crippen molar-refractivity contribution in [2.75, 3.05) is 13.3 Å². The van der Waals surface area contributed by atoms with Crippen LogP contribution >= 0.6 is 0 Å². The Hall–Kier alpha value is -3.81. The minimum absolute atomic E-state index is 0.118. The Balaban J connectivity index is 1.02. The number of sulfonamides is 1. The van der Waals surface area contributed by atoms with Crippen molar-refractivity contribution in [3.05, 3.63) is 35.4 Å². The minimum Gasteiger partial charge on any atom is -0.454 e. The number of carbonyl (C=O) groups excluding carboxylic acids is 4. The summed E-state index contributed by atoms with van der Waals surface area (Å²) in [6, 6.07) is 3.89. The van der Waals surface area contributed by atoms with Gasteiger partial charge in [0.2, 0.25) is 28.6 Å². The van der Waals surface area contributed by atoms with Crippen LogP contribution in [0.4, 0.5) is 4.79 Å². The van der Waals surface area contributed by atoms with E-state index < -0.39 is 56.7 Å². The molecule has 1 unspecified atom stereocenters. The molecule has 0 aromatic heterocycles. The van der Waals surface area contributed by atoms with Crippen LogP contribution in [0.25, 0.3) is 0 Å². The topological polar surface area (TPSA) is 161 Å².